The van der Waals surface area contributed by atoms with Gasteiger partial charge >= 0.3 is 0 Å². The van der Waals surface area contributed by atoms with Crippen LogP contribution in [0.25, 0.3) is 5.69 Å². The Kier molecular flexibility index (Phi) is 6.87. The Hall–Kier alpha value is -3.95. The fraction of sp³-hybridized carbons (Fsp3) is 0.192. The molecule has 35 heavy (non-hydrogen) atoms. The first-order valence-electron chi connectivity index (χ1n) is 11.3. The zero-order valence-electron chi connectivity index (χ0n) is 19.0. The van der Waals surface area contributed by atoms with E-state index in [-0.39, 0.29) is 11.8 Å². The number of rotatable bonds is 7. The van der Waals surface area contributed by atoms with Crippen molar-refractivity contribution < 1.29 is 14.3 Å². The van der Waals surface area contributed by atoms with Crippen molar-refractivity contribution in [3.63, 3.8) is 0 Å². The van der Waals surface area contributed by atoms with Gasteiger partial charge in [0.05, 0.1) is 43.4 Å². The van der Waals surface area contributed by atoms with E-state index < -0.39 is 0 Å². The molecule has 2 N–H and O–H groups in total. The number of anilines is 3. The van der Waals surface area contributed by atoms with Crippen molar-refractivity contribution in [3.05, 3.63) is 88.9 Å². The van der Waals surface area contributed by atoms with Crippen LogP contribution in [0.2, 0.25) is 0 Å². The number of ether oxygens (including phenoxy) is 1. The fourth-order valence-corrected chi connectivity index (χ4v) is 4.55. The highest BCUT2D eigenvalue weighted by Gasteiger charge is 2.13. The van der Waals surface area contributed by atoms with E-state index in [1.54, 1.807) is 40.5 Å². The zero-order valence-corrected chi connectivity index (χ0v) is 19.8. The Morgan fingerprint density at radius 3 is 2.57 bits per heavy atom. The van der Waals surface area contributed by atoms with Crippen LogP contribution in [0.3, 0.4) is 0 Å². The molecule has 4 aromatic rings. The van der Waals surface area contributed by atoms with Crippen molar-refractivity contribution in [2.75, 3.05) is 41.8 Å². The van der Waals surface area contributed by atoms with Gasteiger partial charge in [-0.15, -0.1) is 0 Å². The summed E-state index contributed by atoms with van der Waals surface area (Å²) >= 11 is 1.56. The molecule has 8 nitrogen and oxygen atoms in total. The summed E-state index contributed by atoms with van der Waals surface area (Å²) in [5.41, 5.74) is 4.66. The molecule has 2 amide bonds. The largest absolute Gasteiger partial charge is 0.378 e. The predicted molar refractivity (Wildman–Crippen MR) is 138 cm³/mol. The highest BCUT2D eigenvalue weighted by molar-refractivity contribution is 7.08. The molecule has 1 fully saturated rings. The van der Waals surface area contributed by atoms with Gasteiger partial charge in [-0.25, -0.2) is 4.68 Å². The van der Waals surface area contributed by atoms with Crippen molar-refractivity contribution in [2.45, 2.75) is 6.42 Å². The highest BCUT2D eigenvalue weighted by atomic mass is 32.1. The van der Waals surface area contributed by atoms with Gasteiger partial charge in [0.15, 0.2) is 0 Å². The van der Waals surface area contributed by atoms with Gasteiger partial charge in [0.2, 0.25) is 5.91 Å². The lowest BCUT2D eigenvalue weighted by atomic mass is 10.1. The van der Waals surface area contributed by atoms with Gasteiger partial charge in [0.1, 0.15) is 0 Å². The molecule has 0 saturated carbocycles. The van der Waals surface area contributed by atoms with Crippen LogP contribution < -0.4 is 15.5 Å². The van der Waals surface area contributed by atoms with Gasteiger partial charge in [-0.1, -0.05) is 6.07 Å². The molecular weight excluding hydrogens is 462 g/mol. The number of morpholine rings is 1. The molecule has 178 valence electrons. The van der Waals surface area contributed by atoms with Crippen molar-refractivity contribution in [1.82, 2.24) is 9.78 Å². The Bertz CT molecular complexity index is 1290. The number of thiophene rings is 1. The van der Waals surface area contributed by atoms with Crippen molar-refractivity contribution in [2.24, 2.45) is 0 Å². The second-order valence-corrected chi connectivity index (χ2v) is 8.96. The molecule has 0 bridgehead atoms. The van der Waals surface area contributed by atoms with Gasteiger partial charge < -0.3 is 20.3 Å². The first kappa shape index (κ1) is 22.8. The summed E-state index contributed by atoms with van der Waals surface area (Å²) in [7, 11) is 0. The van der Waals surface area contributed by atoms with Gasteiger partial charge in [-0.05, 0) is 64.9 Å². The normalized spacial score (nSPS) is 13.4. The maximum Gasteiger partial charge on any atom is 0.255 e. The van der Waals surface area contributed by atoms with Crippen LogP contribution in [0.1, 0.15) is 15.9 Å². The summed E-state index contributed by atoms with van der Waals surface area (Å²) in [6.07, 6.45) is 3.64. The lowest BCUT2D eigenvalue weighted by Crippen LogP contribution is -2.36. The molecule has 5 rings (SSSR count). The molecule has 0 radical (unpaired) electrons. The minimum Gasteiger partial charge on any atom is -0.378 e. The molecule has 1 saturated heterocycles. The Labute approximate surface area is 207 Å². The van der Waals surface area contributed by atoms with Crippen molar-refractivity contribution in [3.8, 4) is 5.69 Å². The first-order valence-corrected chi connectivity index (χ1v) is 12.3. The number of amides is 2. The quantitative estimate of drug-likeness (QED) is 0.408. The van der Waals surface area contributed by atoms with E-state index in [0.29, 0.717) is 17.7 Å². The summed E-state index contributed by atoms with van der Waals surface area (Å²) in [6, 6.07) is 17.0. The molecule has 3 heterocycles. The van der Waals surface area contributed by atoms with Crippen LogP contribution in [0.15, 0.2) is 77.8 Å². The maximum atomic E-state index is 12.9. The molecular formula is C26H25N5O3S. The van der Waals surface area contributed by atoms with Crippen molar-refractivity contribution in [1.29, 1.82) is 0 Å². The highest BCUT2D eigenvalue weighted by Crippen LogP contribution is 2.20. The predicted octanol–water partition coefficient (Wildman–Crippen LogP) is 4.20. The van der Waals surface area contributed by atoms with Crippen molar-refractivity contribution >= 4 is 40.2 Å². The van der Waals surface area contributed by atoms with E-state index in [9.17, 15) is 9.59 Å². The molecule has 1 aliphatic rings. The number of hydrogen-bond acceptors (Lipinski definition) is 6. The SMILES string of the molecule is O=C(Cc1ccsc1)Nc1cnn(-c2cccc(C(=O)Nc3ccc(N4CCOCC4)cc3)c2)c1. The number of aromatic nitrogens is 2. The number of benzene rings is 2. The summed E-state index contributed by atoms with van der Waals surface area (Å²) < 4.78 is 7.04. The van der Waals surface area contributed by atoms with Crippen LogP contribution in [0, 0.1) is 0 Å². The van der Waals surface area contributed by atoms with Crippen LogP contribution in [-0.2, 0) is 16.0 Å². The van der Waals surface area contributed by atoms with Gasteiger partial charge in [0, 0.05) is 30.0 Å². The Morgan fingerprint density at radius 2 is 1.80 bits per heavy atom. The standard InChI is InChI=1S/C26H25N5O3S/c32-25(14-19-8-13-35-18-19)28-22-16-27-31(17-22)24-3-1-2-20(15-24)26(33)29-21-4-6-23(7-5-21)30-9-11-34-12-10-30/h1-8,13,15-18H,9-12,14H2,(H,28,32)(H,29,33). The summed E-state index contributed by atoms with van der Waals surface area (Å²) in [4.78, 5) is 27.4. The Morgan fingerprint density at radius 1 is 0.971 bits per heavy atom. The van der Waals surface area contributed by atoms with E-state index >= 15 is 0 Å². The lowest BCUT2D eigenvalue weighted by molar-refractivity contribution is -0.115. The minimum absolute atomic E-state index is 0.101. The molecule has 2 aromatic carbocycles. The van der Waals surface area contributed by atoms with E-state index in [2.05, 4.69) is 20.6 Å². The van der Waals surface area contributed by atoms with E-state index in [1.165, 1.54) is 0 Å². The molecule has 0 atom stereocenters. The minimum atomic E-state index is -0.206. The summed E-state index contributed by atoms with van der Waals surface area (Å²) in [6.45, 7) is 3.19. The third-order valence-electron chi connectivity index (χ3n) is 5.69. The third kappa shape index (κ3) is 5.76. The maximum absolute atomic E-state index is 12.9. The first-order chi connectivity index (χ1) is 17.1. The zero-order chi connectivity index (χ0) is 24.0. The van der Waals surface area contributed by atoms with Crippen LogP contribution >= 0.6 is 11.3 Å². The Balaban J connectivity index is 1.22. The van der Waals surface area contributed by atoms with Gasteiger partial charge in [-0.2, -0.15) is 16.4 Å². The molecule has 0 aliphatic carbocycles. The van der Waals surface area contributed by atoms with E-state index in [1.807, 2.05) is 53.2 Å². The molecule has 9 heteroatoms. The fourth-order valence-electron chi connectivity index (χ4n) is 3.88. The topological polar surface area (TPSA) is 88.5 Å². The molecule has 0 spiro atoms. The number of carbonyl (C=O) groups is 2. The van der Waals surface area contributed by atoms with E-state index in [4.69, 9.17) is 4.74 Å². The summed E-state index contributed by atoms with van der Waals surface area (Å²) in [5, 5.41) is 14.1. The summed E-state index contributed by atoms with van der Waals surface area (Å²) in [5.74, 6) is -0.307. The molecule has 0 unspecified atom stereocenters. The molecule has 2 aromatic heterocycles. The second kappa shape index (κ2) is 10.5. The third-order valence-corrected chi connectivity index (χ3v) is 6.42. The smallest absolute Gasteiger partial charge is 0.255 e. The van der Waals surface area contributed by atoms with Gasteiger partial charge in [0.25, 0.3) is 5.91 Å². The van der Waals surface area contributed by atoms with Gasteiger partial charge in [-0.3, -0.25) is 9.59 Å². The van der Waals surface area contributed by atoms with E-state index in [0.717, 1.165) is 48.9 Å². The van der Waals surface area contributed by atoms with Crippen LogP contribution in [-0.4, -0.2) is 47.9 Å². The number of nitrogens with one attached hydrogen (secondary N) is 2. The monoisotopic (exact) mass is 487 g/mol. The number of nitrogens with zero attached hydrogens (tertiary/aromatic N) is 3. The molecule has 1 aliphatic heterocycles. The lowest BCUT2D eigenvalue weighted by Gasteiger charge is -2.28. The second-order valence-electron chi connectivity index (χ2n) is 8.18. The van der Waals surface area contributed by atoms with Crippen LogP contribution in [0.4, 0.5) is 17.1 Å². The van der Waals surface area contributed by atoms with Crippen LogP contribution in [0.5, 0.6) is 0 Å². The average Bonchev–Trinajstić information content (AvgIpc) is 3.57. The number of hydrogen-bond donors (Lipinski definition) is 2. The average molecular weight is 488 g/mol. The number of carbonyl (C=O) groups excluding carboxylic acids is 2.